The van der Waals surface area contributed by atoms with E-state index in [-0.39, 0.29) is 36.6 Å². The van der Waals surface area contributed by atoms with Gasteiger partial charge in [-0.15, -0.1) is 9.58 Å². The van der Waals surface area contributed by atoms with Crippen molar-refractivity contribution in [2.45, 2.75) is 132 Å². The van der Waals surface area contributed by atoms with Crippen LogP contribution in [0.1, 0.15) is 83.1 Å². The first-order valence-corrected chi connectivity index (χ1v) is 14.3. The lowest BCUT2D eigenvalue weighted by Gasteiger charge is -2.54. The Morgan fingerprint density at radius 2 is 0.886 bits per heavy atom. The predicted molar refractivity (Wildman–Crippen MR) is 142 cm³/mol. The molecule has 0 rings (SSSR count). The summed E-state index contributed by atoms with van der Waals surface area (Å²) in [5, 5.41) is 0. The first-order chi connectivity index (χ1) is 15.9. The Morgan fingerprint density at radius 1 is 0.543 bits per heavy atom. The molecule has 10 nitrogen and oxygen atoms in total. The van der Waals surface area contributed by atoms with Crippen LogP contribution in [-0.4, -0.2) is 91.3 Å². The lowest BCUT2D eigenvalue weighted by Crippen LogP contribution is -2.63. The monoisotopic (exact) mass is 526 g/mol. The minimum atomic E-state index is -2.99. The average molecular weight is 527 g/mol. The molecule has 0 aliphatic carbocycles. The van der Waals surface area contributed by atoms with Gasteiger partial charge in [-0.2, -0.15) is 0 Å². The molecule has 0 saturated carbocycles. The van der Waals surface area contributed by atoms with E-state index < -0.39 is 20.0 Å². The fourth-order valence-corrected chi connectivity index (χ4v) is 6.26. The van der Waals surface area contributed by atoms with Gasteiger partial charge in [0.2, 0.25) is 13.9 Å². The molecule has 0 aromatic heterocycles. The van der Waals surface area contributed by atoms with Crippen LogP contribution in [0, 0.1) is 0 Å². The number of hydrogen-bond donors (Lipinski definition) is 0. The first kappa shape index (κ1) is 34.9. The van der Waals surface area contributed by atoms with E-state index in [0.717, 1.165) is 0 Å². The molecule has 212 valence electrons. The third-order valence-corrected chi connectivity index (χ3v) is 7.61. The van der Waals surface area contributed by atoms with Crippen LogP contribution in [0.2, 0.25) is 0 Å². The van der Waals surface area contributed by atoms with E-state index in [9.17, 15) is 0 Å². The quantitative estimate of drug-likeness (QED) is 0.134. The van der Waals surface area contributed by atoms with Crippen molar-refractivity contribution in [3.8, 4) is 0 Å². The van der Waals surface area contributed by atoms with Crippen molar-refractivity contribution >= 4 is 7.51 Å². The van der Waals surface area contributed by atoms with Gasteiger partial charge in [0.05, 0.1) is 36.6 Å². The maximum absolute atomic E-state index is 6.56. The van der Waals surface area contributed by atoms with E-state index in [1.165, 1.54) is 0 Å². The second kappa shape index (κ2) is 15.3. The van der Waals surface area contributed by atoms with Crippen LogP contribution < -0.4 is 0 Å². The van der Waals surface area contributed by atoms with Gasteiger partial charge >= 0.3 is 6.10 Å². The Bertz CT molecular complexity index is 593. The number of rotatable bonds is 17. The SMILES string of the molecule is CC(C)ON=P(N(C)C)(N(C)C)N(C(OC(C)C)OC(C)C)C(OC(C)C)(OC(C)C)OC(C)C. The number of ether oxygens (including phenoxy) is 5. The molecule has 0 fully saturated rings. The summed E-state index contributed by atoms with van der Waals surface area (Å²) in [6.45, 7) is 23.3. The zero-order valence-electron chi connectivity index (χ0n) is 25.2. The van der Waals surface area contributed by atoms with Gasteiger partial charge in [-0.05, 0) is 111 Å². The third-order valence-electron chi connectivity index (χ3n) is 4.14. The molecule has 0 N–H and O–H groups in total. The lowest BCUT2D eigenvalue weighted by atomic mass is 10.4. The summed E-state index contributed by atoms with van der Waals surface area (Å²) in [4.78, 5) is 10.8. The molecule has 0 unspecified atom stereocenters. The lowest BCUT2D eigenvalue weighted by molar-refractivity contribution is -0.483. The normalized spacial score (nSPS) is 14.1. The summed E-state index contributed by atoms with van der Waals surface area (Å²) in [7, 11) is 4.80. The van der Waals surface area contributed by atoms with Crippen LogP contribution in [-0.2, 0) is 28.5 Å². The molecule has 0 atom stereocenters. The van der Waals surface area contributed by atoms with Crippen LogP contribution in [0.4, 0.5) is 0 Å². The standard InChI is InChI=1S/C24H55N4O6P/c1-17(2)29-23(30-18(3)4)28(35(26(13)14,27(15)16)25-34-22(11)12)24(31-19(5)6,32-20(7)8)33-21(9)10/h17-23H,1-16H3. The van der Waals surface area contributed by atoms with E-state index in [0.29, 0.717) is 0 Å². The Morgan fingerprint density at radius 3 is 1.11 bits per heavy atom. The van der Waals surface area contributed by atoms with Crippen molar-refractivity contribution in [3.05, 3.63) is 0 Å². The van der Waals surface area contributed by atoms with Crippen molar-refractivity contribution in [2.24, 2.45) is 4.91 Å². The molecule has 0 heterocycles. The highest BCUT2D eigenvalue weighted by molar-refractivity contribution is 7.59. The van der Waals surface area contributed by atoms with Crippen molar-refractivity contribution in [2.75, 3.05) is 28.2 Å². The zero-order valence-corrected chi connectivity index (χ0v) is 26.1. The van der Waals surface area contributed by atoms with Crippen molar-refractivity contribution in [1.82, 2.24) is 14.0 Å². The van der Waals surface area contributed by atoms with E-state index in [1.54, 1.807) is 0 Å². The largest absolute Gasteiger partial charge is 0.364 e. The molecule has 0 radical (unpaired) electrons. The van der Waals surface area contributed by atoms with Crippen molar-refractivity contribution < 1.29 is 28.5 Å². The predicted octanol–water partition coefficient (Wildman–Crippen LogP) is 5.72. The van der Waals surface area contributed by atoms with E-state index in [1.807, 2.05) is 125 Å². The topological polar surface area (TPSA) is 77.5 Å². The highest BCUT2D eigenvalue weighted by Gasteiger charge is 2.58. The molecule has 0 aromatic rings. The van der Waals surface area contributed by atoms with Gasteiger partial charge in [0.15, 0.2) is 0 Å². The molecule has 0 aliphatic rings. The molecule has 0 spiro atoms. The summed E-state index contributed by atoms with van der Waals surface area (Å²) >= 11 is 0. The smallest absolute Gasteiger partial charge is 0.336 e. The van der Waals surface area contributed by atoms with Gasteiger partial charge in [-0.1, -0.05) is 0 Å². The average Bonchev–Trinajstić information content (AvgIpc) is 2.60. The van der Waals surface area contributed by atoms with Gasteiger partial charge in [-0.3, -0.25) is 0 Å². The Kier molecular flexibility index (Phi) is 15.3. The minimum absolute atomic E-state index is 0.149. The highest BCUT2D eigenvalue weighted by atomic mass is 31.2. The highest BCUT2D eigenvalue weighted by Crippen LogP contribution is 2.62. The second-order valence-electron chi connectivity index (χ2n) is 10.5. The summed E-state index contributed by atoms with van der Waals surface area (Å²) in [6, 6.07) is 0. The fraction of sp³-hybridized carbons (Fsp3) is 1.00. The summed E-state index contributed by atoms with van der Waals surface area (Å²) in [5.74, 6) is 0. The molecule has 11 heteroatoms. The summed E-state index contributed by atoms with van der Waals surface area (Å²) in [6.07, 6.45) is -3.92. The second-order valence-corrected chi connectivity index (χ2v) is 13.8. The maximum atomic E-state index is 6.56. The Labute approximate surface area is 215 Å². The molecule has 0 bridgehead atoms. The zero-order chi connectivity index (χ0) is 27.7. The molecular weight excluding hydrogens is 471 g/mol. The van der Waals surface area contributed by atoms with Crippen molar-refractivity contribution in [1.29, 1.82) is 0 Å². The van der Waals surface area contributed by atoms with Crippen LogP contribution in [0.15, 0.2) is 4.91 Å². The maximum Gasteiger partial charge on any atom is 0.364 e. The van der Waals surface area contributed by atoms with Gasteiger partial charge in [0.1, 0.15) is 0 Å². The third kappa shape index (κ3) is 10.6. The molecule has 35 heavy (non-hydrogen) atoms. The van der Waals surface area contributed by atoms with E-state index >= 15 is 0 Å². The minimum Gasteiger partial charge on any atom is -0.336 e. The van der Waals surface area contributed by atoms with E-state index in [4.69, 9.17) is 33.4 Å². The van der Waals surface area contributed by atoms with Crippen LogP contribution in [0.3, 0.4) is 0 Å². The Hall–Kier alpha value is -0.130. The van der Waals surface area contributed by atoms with Gasteiger partial charge < -0.3 is 23.7 Å². The van der Waals surface area contributed by atoms with Crippen LogP contribution in [0.5, 0.6) is 0 Å². The molecule has 0 aliphatic heterocycles. The number of nitrogens with zero attached hydrogens (tertiary/aromatic N) is 4. The van der Waals surface area contributed by atoms with Gasteiger partial charge in [0.25, 0.3) is 0 Å². The van der Waals surface area contributed by atoms with Gasteiger partial charge in [-0.25, -0.2) is 14.2 Å². The Balaban J connectivity index is 7.77. The van der Waals surface area contributed by atoms with Gasteiger partial charge in [0, 0.05) is 0 Å². The fourth-order valence-electron chi connectivity index (χ4n) is 3.26. The molecule has 0 aromatic carbocycles. The summed E-state index contributed by atoms with van der Waals surface area (Å²) in [5.41, 5.74) is 0. The summed E-state index contributed by atoms with van der Waals surface area (Å²) < 4.78 is 38.4. The molecular formula is C24H55N4O6P. The van der Waals surface area contributed by atoms with Crippen LogP contribution >= 0.6 is 7.51 Å². The molecule has 0 saturated heterocycles. The number of hydrogen-bond acceptors (Lipinski definition) is 7. The first-order valence-electron chi connectivity index (χ1n) is 12.7. The van der Waals surface area contributed by atoms with Crippen molar-refractivity contribution in [3.63, 3.8) is 0 Å². The molecule has 0 amide bonds. The van der Waals surface area contributed by atoms with E-state index in [2.05, 4.69) is 0 Å². The van der Waals surface area contributed by atoms with Crippen LogP contribution in [0.25, 0.3) is 0 Å².